The average molecular weight is 515 g/mol. The van der Waals surface area contributed by atoms with Crippen LogP contribution in [0.5, 0.6) is 5.75 Å². The van der Waals surface area contributed by atoms with Crippen LogP contribution in [-0.2, 0) is 15.1 Å². The fraction of sp³-hybridized carbons (Fsp3) is 0.435. The molecule has 2 aromatic rings. The van der Waals surface area contributed by atoms with Crippen LogP contribution in [0.4, 0.5) is 9.18 Å². The molecule has 1 heterocycles. The summed E-state index contributed by atoms with van der Waals surface area (Å²) in [5, 5.41) is -0.0205. The third-order valence-electron chi connectivity index (χ3n) is 5.14. The van der Waals surface area contributed by atoms with Gasteiger partial charge in [0.15, 0.2) is 5.60 Å². The fourth-order valence-electron chi connectivity index (χ4n) is 3.85. The number of halogens is 3. The van der Waals surface area contributed by atoms with Crippen molar-refractivity contribution in [1.29, 1.82) is 0 Å². The maximum atomic E-state index is 14.4. The minimum atomic E-state index is -1.04. The van der Waals surface area contributed by atoms with Crippen LogP contribution >= 0.6 is 27.5 Å². The highest BCUT2D eigenvalue weighted by atomic mass is 79.9. The van der Waals surface area contributed by atoms with Gasteiger partial charge in [-0.15, -0.1) is 0 Å². The minimum Gasteiger partial charge on any atom is -0.480 e. The molecule has 3 rings (SSSR count). The molecule has 1 aliphatic heterocycles. The predicted octanol–water partition coefficient (Wildman–Crippen LogP) is 6.13. The van der Waals surface area contributed by atoms with Crippen molar-refractivity contribution in [3.8, 4) is 5.75 Å². The molecule has 5 nitrogen and oxygen atoms in total. The number of fused-ring (bicyclic) bond motifs is 1. The Balaban J connectivity index is 2.13. The largest absolute Gasteiger partial charge is 0.480 e. The molecule has 0 N–H and O–H groups in total. The Morgan fingerprint density at radius 2 is 1.97 bits per heavy atom. The molecule has 168 valence electrons. The van der Waals surface area contributed by atoms with E-state index < -0.39 is 23.1 Å². The monoisotopic (exact) mass is 513 g/mol. The summed E-state index contributed by atoms with van der Waals surface area (Å²) in [5.41, 5.74) is -0.150. The number of carbonyl (C=O) groups excluding carboxylic acids is 1. The highest BCUT2D eigenvalue weighted by Gasteiger charge is 2.52. The lowest BCUT2D eigenvalue weighted by atomic mass is 9.79. The lowest BCUT2D eigenvalue weighted by molar-refractivity contribution is -0.0134. The summed E-state index contributed by atoms with van der Waals surface area (Å²) >= 11 is 9.63. The summed E-state index contributed by atoms with van der Waals surface area (Å²) < 4.78 is 32.4. The quantitative estimate of drug-likeness (QED) is 0.451. The number of likely N-dealkylation sites (N-methyl/N-ethyl adjacent to an activating group) is 1. The van der Waals surface area contributed by atoms with E-state index >= 15 is 0 Å². The minimum absolute atomic E-state index is 0.0205. The molecule has 0 unspecified atom stereocenters. The zero-order valence-electron chi connectivity index (χ0n) is 18.2. The van der Waals surface area contributed by atoms with E-state index in [1.165, 1.54) is 11.0 Å². The van der Waals surface area contributed by atoms with Crippen LogP contribution in [0.25, 0.3) is 0 Å². The van der Waals surface area contributed by atoms with E-state index in [9.17, 15) is 9.18 Å². The van der Waals surface area contributed by atoms with Crippen molar-refractivity contribution in [2.24, 2.45) is 0 Å². The van der Waals surface area contributed by atoms with E-state index in [0.29, 0.717) is 15.8 Å². The van der Waals surface area contributed by atoms with Crippen LogP contribution in [0.15, 0.2) is 40.9 Å². The molecule has 2 atom stereocenters. The van der Waals surface area contributed by atoms with Crippen molar-refractivity contribution in [1.82, 2.24) is 4.90 Å². The van der Waals surface area contributed by atoms with Crippen LogP contribution in [0.3, 0.4) is 0 Å². The van der Waals surface area contributed by atoms with E-state index in [0.717, 1.165) is 5.56 Å². The summed E-state index contributed by atoms with van der Waals surface area (Å²) in [6, 6.07) is 10.8. The highest BCUT2D eigenvalue weighted by molar-refractivity contribution is 9.10. The van der Waals surface area contributed by atoms with Gasteiger partial charge in [-0.25, -0.2) is 9.18 Å². The van der Waals surface area contributed by atoms with Gasteiger partial charge in [0.05, 0.1) is 24.1 Å². The Morgan fingerprint density at radius 1 is 1.32 bits per heavy atom. The maximum absolute atomic E-state index is 14.4. The van der Waals surface area contributed by atoms with Crippen molar-refractivity contribution in [3.05, 3.63) is 62.8 Å². The van der Waals surface area contributed by atoms with Crippen LogP contribution in [0, 0.1) is 5.82 Å². The van der Waals surface area contributed by atoms with Crippen LogP contribution in [0.2, 0.25) is 5.02 Å². The first kappa shape index (κ1) is 23.8. The third kappa shape index (κ3) is 4.69. The molecular weight excluding hydrogens is 489 g/mol. The molecule has 8 heteroatoms. The van der Waals surface area contributed by atoms with Gasteiger partial charge in [0.25, 0.3) is 0 Å². The first-order valence-electron chi connectivity index (χ1n) is 9.85. The average Bonchev–Trinajstić information content (AvgIpc) is 3.00. The topological polar surface area (TPSA) is 48.0 Å². The van der Waals surface area contributed by atoms with Crippen LogP contribution < -0.4 is 4.74 Å². The fourth-order valence-corrected chi connectivity index (χ4v) is 4.67. The first-order chi connectivity index (χ1) is 14.5. The van der Waals surface area contributed by atoms with Crippen LogP contribution in [0.1, 0.15) is 37.8 Å². The number of methoxy groups -OCH3 is 1. The third-order valence-corrected chi connectivity index (χ3v) is 6.56. The molecule has 0 saturated carbocycles. The summed E-state index contributed by atoms with van der Waals surface area (Å²) in [4.78, 5) is 14.2. The summed E-state index contributed by atoms with van der Waals surface area (Å²) in [7, 11) is 3.24. The molecule has 1 amide bonds. The number of rotatable bonds is 5. The van der Waals surface area contributed by atoms with Crippen molar-refractivity contribution >= 4 is 33.6 Å². The zero-order valence-corrected chi connectivity index (χ0v) is 20.5. The standard InChI is InChI=1S/C23H26BrClFNO4/c1-22(2,3)31-21(28)27(4)13-23(14-9-7-6-8-10-14)15(12-29-5)18-17(30-23)11-16(26)20(25)19(18)24/h6-11,15H,12-13H2,1-5H3/t15-,23+/m0/s1. The molecule has 2 aromatic carbocycles. The Labute approximate surface area is 195 Å². The maximum Gasteiger partial charge on any atom is 0.410 e. The van der Waals surface area contributed by atoms with Crippen molar-refractivity contribution in [2.75, 3.05) is 27.3 Å². The van der Waals surface area contributed by atoms with Crippen molar-refractivity contribution < 1.29 is 23.4 Å². The van der Waals surface area contributed by atoms with Gasteiger partial charge >= 0.3 is 6.09 Å². The lowest BCUT2D eigenvalue weighted by Gasteiger charge is -2.38. The van der Waals surface area contributed by atoms with Gasteiger partial charge in [-0.05, 0) is 42.3 Å². The van der Waals surface area contributed by atoms with E-state index in [4.69, 9.17) is 25.8 Å². The number of amides is 1. The van der Waals surface area contributed by atoms with Gasteiger partial charge in [0.2, 0.25) is 0 Å². The molecule has 1 aliphatic rings. The normalized spacial score (nSPS) is 20.2. The second-order valence-electron chi connectivity index (χ2n) is 8.60. The van der Waals surface area contributed by atoms with E-state index in [1.807, 2.05) is 51.1 Å². The molecule has 0 radical (unpaired) electrons. The van der Waals surface area contributed by atoms with E-state index in [-0.39, 0.29) is 24.1 Å². The molecule has 0 bridgehead atoms. The molecule has 0 fully saturated rings. The van der Waals surface area contributed by atoms with Gasteiger partial charge in [-0.2, -0.15) is 0 Å². The zero-order chi connectivity index (χ0) is 23.0. The molecule has 0 saturated heterocycles. The molecule has 0 aliphatic carbocycles. The summed E-state index contributed by atoms with van der Waals surface area (Å²) in [6.07, 6.45) is -0.484. The summed E-state index contributed by atoms with van der Waals surface area (Å²) in [6.45, 7) is 5.85. The number of benzene rings is 2. The van der Waals surface area contributed by atoms with Crippen LogP contribution in [-0.4, -0.2) is 43.9 Å². The van der Waals surface area contributed by atoms with Gasteiger partial charge in [0.1, 0.15) is 17.2 Å². The number of hydrogen-bond acceptors (Lipinski definition) is 4. The van der Waals surface area contributed by atoms with Gasteiger partial charge in [0, 0.05) is 30.3 Å². The van der Waals surface area contributed by atoms with E-state index in [1.54, 1.807) is 14.2 Å². The Kier molecular flexibility index (Phi) is 6.89. The number of ether oxygens (including phenoxy) is 3. The second kappa shape index (κ2) is 8.96. The van der Waals surface area contributed by atoms with Crippen molar-refractivity contribution in [2.45, 2.75) is 37.9 Å². The van der Waals surface area contributed by atoms with E-state index in [2.05, 4.69) is 15.9 Å². The summed E-state index contributed by atoms with van der Waals surface area (Å²) in [5.74, 6) is -0.600. The SMILES string of the molecule is COC[C@H]1c2c(cc(F)c(Cl)c2Br)O[C@]1(CN(C)C(=O)OC(C)(C)C)c1ccccc1. The Morgan fingerprint density at radius 3 is 2.55 bits per heavy atom. The Bertz CT molecular complexity index is 966. The lowest BCUT2D eigenvalue weighted by Crippen LogP contribution is -2.49. The second-order valence-corrected chi connectivity index (χ2v) is 9.77. The van der Waals surface area contributed by atoms with Crippen molar-refractivity contribution in [3.63, 3.8) is 0 Å². The molecule has 0 aromatic heterocycles. The van der Waals surface area contributed by atoms with Gasteiger partial charge < -0.3 is 19.1 Å². The molecule has 0 spiro atoms. The molecular formula is C23H26BrClFNO4. The molecule has 31 heavy (non-hydrogen) atoms. The predicted molar refractivity (Wildman–Crippen MR) is 121 cm³/mol. The van der Waals surface area contributed by atoms with Gasteiger partial charge in [-0.1, -0.05) is 41.9 Å². The highest BCUT2D eigenvalue weighted by Crippen LogP contribution is 2.55. The first-order valence-corrected chi connectivity index (χ1v) is 11.0. The smallest absolute Gasteiger partial charge is 0.410 e. The number of hydrogen-bond donors (Lipinski definition) is 0. The Hall–Kier alpha value is -1.83. The number of carbonyl (C=O) groups is 1. The number of nitrogens with zero attached hydrogens (tertiary/aromatic N) is 1. The van der Waals surface area contributed by atoms with Gasteiger partial charge in [-0.3, -0.25) is 0 Å².